The van der Waals surface area contributed by atoms with Crippen molar-refractivity contribution >= 4 is 35.3 Å². The first-order chi connectivity index (χ1) is 10.3. The van der Waals surface area contributed by atoms with Crippen molar-refractivity contribution in [3.05, 3.63) is 5.56 Å². The monoisotopic (exact) mass is 341 g/mol. The summed E-state index contributed by atoms with van der Waals surface area (Å²) < 4.78 is 0. The highest BCUT2D eigenvalue weighted by Gasteiger charge is 2.15. The number of nitrogens with zero attached hydrogens (tertiary/aromatic N) is 3. The molecule has 3 nitrogen and oxygen atoms in total. The van der Waals surface area contributed by atoms with Crippen LogP contribution >= 0.6 is 35.3 Å². The predicted octanol–water partition coefficient (Wildman–Crippen LogP) is 5.24. The van der Waals surface area contributed by atoms with Crippen molar-refractivity contribution in [3.63, 3.8) is 0 Å². The number of aromatic nitrogens is 2. The molecule has 0 unspecified atom stereocenters. The molecule has 0 amide bonds. The molecule has 0 atom stereocenters. The van der Waals surface area contributed by atoms with Gasteiger partial charge in [0.25, 0.3) is 0 Å². The maximum atomic E-state index is 9.42. The molecular weight excluding hydrogens is 318 g/mol. The van der Waals surface area contributed by atoms with E-state index in [4.69, 9.17) is 0 Å². The maximum absolute atomic E-state index is 9.42. The van der Waals surface area contributed by atoms with Gasteiger partial charge in [0.15, 0.2) is 5.16 Å². The van der Waals surface area contributed by atoms with Gasteiger partial charge in [-0.25, -0.2) is 9.97 Å². The topological polar surface area (TPSA) is 49.6 Å². The largest absolute Gasteiger partial charge is 0.215 e. The summed E-state index contributed by atoms with van der Waals surface area (Å²) >= 11 is 5.02. The van der Waals surface area contributed by atoms with E-state index in [0.717, 1.165) is 45.3 Å². The van der Waals surface area contributed by atoms with Gasteiger partial charge in [0.2, 0.25) is 0 Å². The summed E-state index contributed by atoms with van der Waals surface area (Å²) in [6, 6.07) is 2.29. The summed E-state index contributed by atoms with van der Waals surface area (Å²) in [5.41, 5.74) is 0.655. The minimum Gasteiger partial charge on any atom is -0.215 e. The number of rotatable bonds is 10. The molecule has 0 N–H and O–H groups in total. The van der Waals surface area contributed by atoms with E-state index in [9.17, 15) is 5.26 Å². The molecule has 0 spiro atoms. The predicted molar refractivity (Wildman–Crippen MR) is 94.4 cm³/mol. The van der Waals surface area contributed by atoms with Crippen molar-refractivity contribution < 1.29 is 0 Å². The molecule has 116 valence electrons. The summed E-state index contributed by atoms with van der Waals surface area (Å²) in [6.45, 7) is 6.45. The van der Waals surface area contributed by atoms with Crippen LogP contribution in [0.5, 0.6) is 0 Å². The van der Waals surface area contributed by atoms with Crippen LogP contribution in [0.1, 0.15) is 52.0 Å². The van der Waals surface area contributed by atoms with E-state index in [2.05, 4.69) is 36.8 Å². The van der Waals surface area contributed by atoms with Gasteiger partial charge in [-0.1, -0.05) is 45.4 Å². The van der Waals surface area contributed by atoms with Gasteiger partial charge in [-0.3, -0.25) is 0 Å². The molecule has 0 radical (unpaired) electrons. The fraction of sp³-hybridized carbons (Fsp3) is 0.667. The van der Waals surface area contributed by atoms with Crippen molar-refractivity contribution in [1.29, 1.82) is 5.26 Å². The van der Waals surface area contributed by atoms with Crippen LogP contribution in [0.3, 0.4) is 0 Å². The zero-order valence-electron chi connectivity index (χ0n) is 13.0. The first-order valence-electron chi connectivity index (χ1n) is 7.47. The van der Waals surface area contributed by atoms with Gasteiger partial charge in [-0.2, -0.15) is 5.26 Å². The maximum Gasteiger partial charge on any atom is 0.189 e. The van der Waals surface area contributed by atoms with Crippen LogP contribution in [0.4, 0.5) is 0 Å². The molecule has 0 saturated heterocycles. The molecule has 0 aliphatic rings. The van der Waals surface area contributed by atoms with E-state index in [0.29, 0.717) is 5.56 Å². The molecule has 1 aromatic heterocycles. The number of hydrogen-bond donors (Lipinski definition) is 0. The fourth-order valence-electron chi connectivity index (χ4n) is 1.53. The Morgan fingerprint density at radius 3 is 2.00 bits per heavy atom. The third kappa shape index (κ3) is 6.50. The Balaban J connectivity index is 2.96. The number of unbranched alkanes of at least 4 members (excludes halogenated alkanes) is 2. The third-order valence-electron chi connectivity index (χ3n) is 2.68. The average molecular weight is 342 g/mol. The Bertz CT molecular complexity index is 472. The van der Waals surface area contributed by atoms with Gasteiger partial charge in [-0.15, -0.1) is 23.5 Å². The molecule has 6 heteroatoms. The van der Waals surface area contributed by atoms with Crippen LogP contribution < -0.4 is 0 Å². The van der Waals surface area contributed by atoms with Crippen LogP contribution in [0.25, 0.3) is 0 Å². The molecular formula is C15H23N3S3. The van der Waals surface area contributed by atoms with Crippen LogP contribution in [0.15, 0.2) is 15.2 Å². The lowest BCUT2D eigenvalue weighted by Gasteiger charge is -2.09. The van der Waals surface area contributed by atoms with E-state index in [1.54, 1.807) is 35.3 Å². The minimum absolute atomic E-state index is 0.655. The summed E-state index contributed by atoms with van der Waals surface area (Å²) in [5, 5.41) is 11.9. The zero-order chi connectivity index (χ0) is 15.5. The Morgan fingerprint density at radius 1 is 0.905 bits per heavy atom. The van der Waals surface area contributed by atoms with Crippen molar-refractivity contribution in [2.75, 3.05) is 17.3 Å². The van der Waals surface area contributed by atoms with Crippen LogP contribution in [0, 0.1) is 11.3 Å². The molecule has 0 fully saturated rings. The Hall–Kier alpha value is -0.380. The lowest BCUT2D eigenvalue weighted by molar-refractivity contribution is 0.810. The molecule has 0 bridgehead atoms. The second kappa shape index (κ2) is 11.2. The van der Waals surface area contributed by atoms with Gasteiger partial charge >= 0.3 is 0 Å². The van der Waals surface area contributed by atoms with Crippen LogP contribution in [-0.4, -0.2) is 27.2 Å². The normalized spacial score (nSPS) is 10.6. The van der Waals surface area contributed by atoms with Gasteiger partial charge in [0.1, 0.15) is 21.7 Å². The van der Waals surface area contributed by atoms with Crippen LogP contribution in [-0.2, 0) is 0 Å². The zero-order valence-corrected chi connectivity index (χ0v) is 15.5. The quantitative estimate of drug-likeness (QED) is 0.251. The summed E-state index contributed by atoms with van der Waals surface area (Å²) in [7, 11) is 0. The highest BCUT2D eigenvalue weighted by molar-refractivity contribution is 8.00. The van der Waals surface area contributed by atoms with Crippen molar-refractivity contribution in [1.82, 2.24) is 9.97 Å². The second-order valence-electron chi connectivity index (χ2n) is 4.44. The first kappa shape index (κ1) is 18.7. The van der Waals surface area contributed by atoms with Gasteiger partial charge in [0.05, 0.1) is 0 Å². The smallest absolute Gasteiger partial charge is 0.189 e. The fourth-order valence-corrected chi connectivity index (χ4v) is 4.41. The first-order valence-corrected chi connectivity index (χ1v) is 10.4. The summed E-state index contributed by atoms with van der Waals surface area (Å²) in [5.74, 6) is 2.97. The van der Waals surface area contributed by atoms with Crippen molar-refractivity contribution in [2.45, 2.75) is 61.7 Å². The summed E-state index contributed by atoms with van der Waals surface area (Å²) in [6.07, 6.45) is 4.66. The molecule has 1 heterocycles. The molecule has 21 heavy (non-hydrogen) atoms. The Labute approximate surface area is 141 Å². The lowest BCUT2D eigenvalue weighted by atomic mass is 10.4. The highest BCUT2D eigenvalue weighted by atomic mass is 32.2. The van der Waals surface area contributed by atoms with Crippen LogP contribution in [0.2, 0.25) is 0 Å². The Kier molecular flexibility index (Phi) is 9.98. The molecule has 1 rings (SSSR count). The average Bonchev–Trinajstić information content (AvgIpc) is 2.48. The van der Waals surface area contributed by atoms with E-state index in [-0.39, 0.29) is 0 Å². The molecule has 1 aromatic rings. The molecule has 0 aromatic carbocycles. The van der Waals surface area contributed by atoms with Crippen molar-refractivity contribution in [3.8, 4) is 6.07 Å². The number of hydrogen-bond acceptors (Lipinski definition) is 6. The Morgan fingerprint density at radius 2 is 1.48 bits per heavy atom. The molecule has 0 aliphatic carbocycles. The minimum atomic E-state index is 0.655. The van der Waals surface area contributed by atoms with E-state index in [1.807, 2.05) is 0 Å². The van der Waals surface area contributed by atoms with Gasteiger partial charge in [0, 0.05) is 5.75 Å². The SMILES string of the molecule is CCCCSc1nc(SCC)c(C#N)c(SCCCC)n1. The third-order valence-corrected chi connectivity index (χ3v) is 5.53. The van der Waals surface area contributed by atoms with Crippen molar-refractivity contribution in [2.24, 2.45) is 0 Å². The van der Waals surface area contributed by atoms with Gasteiger partial charge < -0.3 is 0 Å². The molecule has 0 saturated carbocycles. The van der Waals surface area contributed by atoms with Gasteiger partial charge in [-0.05, 0) is 24.3 Å². The molecule has 0 aliphatic heterocycles. The number of thioether (sulfide) groups is 3. The standard InChI is InChI=1S/C15H23N3S3/c1-4-7-9-20-14-12(11-16)13(19-6-3)17-15(18-14)21-10-8-5-2/h4-10H2,1-3H3. The highest BCUT2D eigenvalue weighted by Crippen LogP contribution is 2.31. The van der Waals surface area contributed by atoms with E-state index < -0.39 is 0 Å². The number of nitriles is 1. The summed E-state index contributed by atoms with van der Waals surface area (Å²) in [4.78, 5) is 9.18. The second-order valence-corrected chi connectivity index (χ2v) is 7.84. The lowest BCUT2D eigenvalue weighted by Crippen LogP contribution is -1.99. The van der Waals surface area contributed by atoms with E-state index in [1.165, 1.54) is 12.8 Å². The van der Waals surface area contributed by atoms with E-state index >= 15 is 0 Å².